The highest BCUT2D eigenvalue weighted by Crippen LogP contribution is 2.35. The third kappa shape index (κ3) is 6.67. The van der Waals surface area contributed by atoms with Gasteiger partial charge in [-0.15, -0.1) is 13.2 Å². The molecular formula is C22H23F3N4O5. The number of benzene rings is 1. The van der Waals surface area contributed by atoms with Crippen LogP contribution in [-0.2, 0) is 16.2 Å². The lowest BCUT2D eigenvalue weighted by atomic mass is 9.86. The van der Waals surface area contributed by atoms with Gasteiger partial charge in [0.1, 0.15) is 11.4 Å². The van der Waals surface area contributed by atoms with Crippen LogP contribution in [0.1, 0.15) is 35.2 Å². The van der Waals surface area contributed by atoms with Crippen LogP contribution in [0.5, 0.6) is 5.75 Å². The van der Waals surface area contributed by atoms with E-state index in [1.807, 2.05) is 12.1 Å². The first kappa shape index (κ1) is 25.0. The zero-order valence-electron chi connectivity index (χ0n) is 18.0. The van der Waals surface area contributed by atoms with E-state index in [0.29, 0.717) is 32.5 Å². The zero-order chi connectivity index (χ0) is 24.8. The van der Waals surface area contributed by atoms with Crippen molar-refractivity contribution in [3.8, 4) is 5.75 Å². The summed E-state index contributed by atoms with van der Waals surface area (Å²) in [6, 6.07) is 8.51. The van der Waals surface area contributed by atoms with Crippen LogP contribution in [0.2, 0.25) is 0 Å². The summed E-state index contributed by atoms with van der Waals surface area (Å²) in [6.45, 7) is 1.27. The predicted octanol–water partition coefficient (Wildman–Crippen LogP) is 2.96. The number of aromatic nitrogens is 1. The molecule has 0 radical (unpaired) electrons. The molecule has 1 aromatic heterocycles. The third-order valence-corrected chi connectivity index (χ3v) is 5.37. The number of halogens is 3. The molecule has 4 rings (SSSR count). The Hall–Kier alpha value is -3.67. The van der Waals surface area contributed by atoms with E-state index >= 15 is 0 Å². The summed E-state index contributed by atoms with van der Waals surface area (Å²) >= 11 is 0. The third-order valence-electron chi connectivity index (χ3n) is 5.37. The van der Waals surface area contributed by atoms with Crippen LogP contribution in [0.15, 0.2) is 53.9 Å². The Labute approximate surface area is 193 Å². The quantitative estimate of drug-likeness (QED) is 0.689. The number of nitrogens with zero attached hydrogens (tertiary/aromatic N) is 3. The second kappa shape index (κ2) is 10.5. The molecule has 3 heterocycles. The molecule has 1 saturated heterocycles. The van der Waals surface area contributed by atoms with E-state index in [2.05, 4.69) is 14.9 Å². The normalized spacial score (nSPS) is 16.7. The van der Waals surface area contributed by atoms with Crippen molar-refractivity contribution >= 4 is 17.6 Å². The van der Waals surface area contributed by atoms with E-state index in [1.54, 1.807) is 17.3 Å². The standard InChI is InChI=1S/C16H15F3N2O5.C6H8N2/c17-16(18,19)25-11-3-1-10(2-4-11)13(22)21-7-5-15(6-8-21)9-12(14(23)24)20-26-15;7-5-6-1-3-8-4-2-6/h1-4H,5-9H2,(H,23,24);1-4H,5,7H2. The molecule has 0 unspecified atom stereocenters. The van der Waals surface area contributed by atoms with Crippen LogP contribution < -0.4 is 10.5 Å². The molecule has 2 aromatic rings. The maximum absolute atomic E-state index is 12.5. The molecule has 1 fully saturated rings. The molecule has 2 aliphatic heterocycles. The second-order valence-electron chi connectivity index (χ2n) is 7.72. The van der Waals surface area contributed by atoms with Gasteiger partial charge in [-0.2, -0.15) is 0 Å². The molecule has 0 aliphatic carbocycles. The maximum atomic E-state index is 12.5. The van der Waals surface area contributed by atoms with Crippen LogP contribution in [-0.4, -0.2) is 57.6 Å². The SMILES string of the molecule is NCc1ccncc1.O=C(O)C1=NOC2(CCN(C(=O)c3ccc(OC(F)(F)F)cc3)CC2)C1. The molecule has 34 heavy (non-hydrogen) atoms. The Bertz CT molecular complexity index is 1020. The van der Waals surface area contributed by atoms with E-state index in [0.717, 1.165) is 17.7 Å². The van der Waals surface area contributed by atoms with Gasteiger partial charge in [0, 0.05) is 56.9 Å². The van der Waals surface area contributed by atoms with Crippen molar-refractivity contribution in [2.24, 2.45) is 10.9 Å². The number of rotatable bonds is 4. The fraction of sp³-hybridized carbons (Fsp3) is 0.364. The fourth-order valence-corrected chi connectivity index (χ4v) is 3.52. The number of alkyl halides is 3. The number of oxime groups is 1. The summed E-state index contributed by atoms with van der Waals surface area (Å²) in [4.78, 5) is 34.1. The summed E-state index contributed by atoms with van der Waals surface area (Å²) in [6.07, 6.45) is -0.272. The highest BCUT2D eigenvalue weighted by atomic mass is 19.4. The molecule has 0 saturated carbocycles. The maximum Gasteiger partial charge on any atom is 0.573 e. The molecule has 2 aliphatic rings. The van der Waals surface area contributed by atoms with Crippen molar-refractivity contribution in [3.63, 3.8) is 0 Å². The molecule has 3 N–H and O–H groups in total. The minimum atomic E-state index is -4.79. The number of likely N-dealkylation sites (tertiary alicyclic amines) is 1. The van der Waals surface area contributed by atoms with Crippen molar-refractivity contribution < 1.29 is 37.4 Å². The number of pyridine rings is 1. The first-order valence-corrected chi connectivity index (χ1v) is 10.3. The monoisotopic (exact) mass is 480 g/mol. The van der Waals surface area contributed by atoms with E-state index < -0.39 is 23.7 Å². The van der Waals surface area contributed by atoms with Crippen LogP contribution >= 0.6 is 0 Å². The first-order valence-electron chi connectivity index (χ1n) is 10.3. The number of aliphatic carboxylic acids is 1. The van der Waals surface area contributed by atoms with Crippen LogP contribution in [0.3, 0.4) is 0 Å². The van der Waals surface area contributed by atoms with Crippen LogP contribution in [0, 0.1) is 0 Å². The van der Waals surface area contributed by atoms with E-state index in [-0.39, 0.29) is 23.6 Å². The second-order valence-corrected chi connectivity index (χ2v) is 7.72. The number of carboxylic acid groups (broad SMARTS) is 1. The summed E-state index contributed by atoms with van der Waals surface area (Å²) in [7, 11) is 0. The lowest BCUT2D eigenvalue weighted by Crippen LogP contribution is -2.47. The number of amides is 1. The van der Waals surface area contributed by atoms with E-state index in [4.69, 9.17) is 15.7 Å². The minimum Gasteiger partial charge on any atom is -0.477 e. The molecule has 1 spiro atoms. The van der Waals surface area contributed by atoms with Gasteiger partial charge < -0.3 is 25.3 Å². The van der Waals surface area contributed by atoms with Gasteiger partial charge in [-0.05, 0) is 42.0 Å². The average molecular weight is 480 g/mol. The largest absolute Gasteiger partial charge is 0.573 e. The Kier molecular flexibility index (Phi) is 7.72. The predicted molar refractivity (Wildman–Crippen MR) is 114 cm³/mol. The molecule has 9 nitrogen and oxygen atoms in total. The summed E-state index contributed by atoms with van der Waals surface area (Å²) in [5, 5.41) is 12.5. The van der Waals surface area contributed by atoms with Gasteiger partial charge in [0.15, 0.2) is 5.71 Å². The van der Waals surface area contributed by atoms with Gasteiger partial charge in [0.25, 0.3) is 5.91 Å². The lowest BCUT2D eigenvalue weighted by molar-refractivity contribution is -0.274. The fourth-order valence-electron chi connectivity index (χ4n) is 3.52. The summed E-state index contributed by atoms with van der Waals surface area (Å²) in [5.41, 5.74) is 5.95. The number of carbonyl (C=O) groups excluding carboxylic acids is 1. The molecule has 0 bridgehead atoms. The van der Waals surface area contributed by atoms with E-state index in [9.17, 15) is 22.8 Å². The topological polar surface area (TPSA) is 127 Å². The number of carboxylic acids is 1. The van der Waals surface area contributed by atoms with Crippen molar-refractivity contribution in [3.05, 3.63) is 59.9 Å². The molecule has 182 valence electrons. The Balaban J connectivity index is 0.000000343. The minimum absolute atomic E-state index is 0.0370. The summed E-state index contributed by atoms with van der Waals surface area (Å²) < 4.78 is 40.2. The van der Waals surface area contributed by atoms with Gasteiger partial charge in [-0.25, -0.2) is 4.79 Å². The Morgan fingerprint density at radius 3 is 2.21 bits per heavy atom. The molecule has 12 heteroatoms. The van der Waals surface area contributed by atoms with Gasteiger partial charge in [0.2, 0.25) is 0 Å². The molecule has 0 atom stereocenters. The van der Waals surface area contributed by atoms with Crippen molar-refractivity contribution in [1.82, 2.24) is 9.88 Å². The Morgan fingerprint density at radius 2 is 1.74 bits per heavy atom. The number of nitrogens with two attached hydrogens (primary N) is 1. The van der Waals surface area contributed by atoms with Gasteiger partial charge in [-0.1, -0.05) is 5.16 Å². The Morgan fingerprint density at radius 1 is 1.12 bits per heavy atom. The van der Waals surface area contributed by atoms with Crippen molar-refractivity contribution in [2.75, 3.05) is 13.1 Å². The van der Waals surface area contributed by atoms with Gasteiger partial charge >= 0.3 is 12.3 Å². The number of hydrogen-bond acceptors (Lipinski definition) is 7. The molecule has 1 amide bonds. The number of piperidine rings is 1. The summed E-state index contributed by atoms with van der Waals surface area (Å²) in [5.74, 6) is -1.85. The number of ether oxygens (including phenoxy) is 1. The van der Waals surface area contributed by atoms with Crippen molar-refractivity contribution in [1.29, 1.82) is 0 Å². The highest BCUT2D eigenvalue weighted by Gasteiger charge is 2.44. The first-order chi connectivity index (χ1) is 16.1. The van der Waals surface area contributed by atoms with Crippen LogP contribution in [0.4, 0.5) is 13.2 Å². The lowest BCUT2D eigenvalue weighted by Gasteiger charge is -2.37. The highest BCUT2D eigenvalue weighted by molar-refractivity contribution is 6.36. The smallest absolute Gasteiger partial charge is 0.477 e. The molecular weight excluding hydrogens is 457 g/mol. The zero-order valence-corrected chi connectivity index (χ0v) is 18.0. The van der Waals surface area contributed by atoms with Gasteiger partial charge in [-0.3, -0.25) is 9.78 Å². The number of hydrogen-bond donors (Lipinski definition) is 2. The average Bonchev–Trinajstić information content (AvgIpc) is 3.23. The molecule has 1 aromatic carbocycles. The van der Waals surface area contributed by atoms with Crippen LogP contribution in [0.25, 0.3) is 0 Å². The van der Waals surface area contributed by atoms with Gasteiger partial charge in [0.05, 0.1) is 0 Å². The van der Waals surface area contributed by atoms with E-state index in [1.165, 1.54) is 12.1 Å². The number of carbonyl (C=O) groups is 2. The van der Waals surface area contributed by atoms with Crippen molar-refractivity contribution in [2.45, 2.75) is 37.8 Å².